The number of hydrogen-bond acceptors (Lipinski definition) is 3. The molecule has 0 aliphatic heterocycles. The summed E-state index contributed by atoms with van der Waals surface area (Å²) in [7, 11) is 0. The van der Waals surface area contributed by atoms with E-state index in [0.29, 0.717) is 6.47 Å². The molecule has 17 heavy (non-hydrogen) atoms. The standard InChI is InChI=1S/C13H11NO3/c15-8-17-13(5-6-13)10-3-1-9-2-4-12(16)14-11(9)7-10/h1-4,7-8H,5-6H2,(H,14,16). The van der Waals surface area contributed by atoms with Gasteiger partial charge in [-0.25, -0.2) is 0 Å². The molecule has 0 unspecified atom stereocenters. The molecule has 1 aliphatic rings. The Labute approximate surface area is 97.2 Å². The van der Waals surface area contributed by atoms with Crippen LogP contribution in [0.15, 0.2) is 35.1 Å². The molecule has 4 nitrogen and oxygen atoms in total. The fourth-order valence-corrected chi connectivity index (χ4v) is 2.11. The van der Waals surface area contributed by atoms with E-state index < -0.39 is 5.60 Å². The van der Waals surface area contributed by atoms with Gasteiger partial charge in [0.2, 0.25) is 5.56 Å². The van der Waals surface area contributed by atoms with Crippen molar-refractivity contribution in [3.8, 4) is 0 Å². The van der Waals surface area contributed by atoms with Gasteiger partial charge >= 0.3 is 0 Å². The van der Waals surface area contributed by atoms with E-state index in [0.717, 1.165) is 29.3 Å². The highest BCUT2D eigenvalue weighted by molar-refractivity contribution is 5.79. The molecule has 0 amide bonds. The van der Waals surface area contributed by atoms with Crippen molar-refractivity contribution in [3.63, 3.8) is 0 Å². The van der Waals surface area contributed by atoms with Crippen molar-refractivity contribution in [2.45, 2.75) is 18.4 Å². The Morgan fingerprint density at radius 1 is 1.24 bits per heavy atom. The van der Waals surface area contributed by atoms with Crippen molar-refractivity contribution in [1.82, 2.24) is 4.98 Å². The highest BCUT2D eigenvalue weighted by Crippen LogP contribution is 2.49. The normalized spacial score (nSPS) is 16.7. The minimum absolute atomic E-state index is 0.129. The lowest BCUT2D eigenvalue weighted by atomic mass is 10.1. The van der Waals surface area contributed by atoms with E-state index in [2.05, 4.69) is 4.98 Å². The van der Waals surface area contributed by atoms with E-state index in [1.807, 2.05) is 18.2 Å². The zero-order valence-electron chi connectivity index (χ0n) is 9.10. The first-order chi connectivity index (χ1) is 8.23. The molecule has 0 bridgehead atoms. The molecule has 0 saturated heterocycles. The summed E-state index contributed by atoms with van der Waals surface area (Å²) in [6.07, 6.45) is 1.68. The van der Waals surface area contributed by atoms with Gasteiger partial charge < -0.3 is 9.72 Å². The molecule has 0 spiro atoms. The van der Waals surface area contributed by atoms with E-state index in [4.69, 9.17) is 4.74 Å². The summed E-state index contributed by atoms with van der Waals surface area (Å²) in [6.45, 7) is 0.491. The molecule has 4 heteroatoms. The number of pyridine rings is 1. The molecular formula is C13H11NO3. The van der Waals surface area contributed by atoms with Crippen LogP contribution in [0.5, 0.6) is 0 Å². The third-order valence-electron chi connectivity index (χ3n) is 3.23. The van der Waals surface area contributed by atoms with Gasteiger partial charge in [-0.15, -0.1) is 0 Å². The Morgan fingerprint density at radius 2 is 2.00 bits per heavy atom. The van der Waals surface area contributed by atoms with Gasteiger partial charge in [0.1, 0.15) is 5.60 Å². The maximum absolute atomic E-state index is 11.2. The van der Waals surface area contributed by atoms with Crippen LogP contribution in [0.25, 0.3) is 10.9 Å². The van der Waals surface area contributed by atoms with Gasteiger partial charge in [-0.3, -0.25) is 9.59 Å². The fourth-order valence-electron chi connectivity index (χ4n) is 2.11. The molecule has 0 atom stereocenters. The maximum atomic E-state index is 11.2. The highest BCUT2D eigenvalue weighted by atomic mass is 16.5. The summed E-state index contributed by atoms with van der Waals surface area (Å²) in [6, 6.07) is 9.02. The number of benzene rings is 1. The predicted molar refractivity (Wildman–Crippen MR) is 62.6 cm³/mol. The smallest absolute Gasteiger partial charge is 0.293 e. The third kappa shape index (κ3) is 1.62. The lowest BCUT2D eigenvalue weighted by molar-refractivity contribution is -0.136. The number of hydrogen-bond donors (Lipinski definition) is 1. The summed E-state index contributed by atoms with van der Waals surface area (Å²) >= 11 is 0. The SMILES string of the molecule is O=COC1(c2ccc3ccc(=O)[nH]c3c2)CC1. The van der Waals surface area contributed by atoms with Crippen LogP contribution in [0.4, 0.5) is 0 Å². The topological polar surface area (TPSA) is 59.2 Å². The van der Waals surface area contributed by atoms with E-state index in [-0.39, 0.29) is 5.56 Å². The van der Waals surface area contributed by atoms with Crippen LogP contribution < -0.4 is 5.56 Å². The van der Waals surface area contributed by atoms with Gasteiger partial charge in [-0.05, 0) is 35.9 Å². The third-order valence-corrected chi connectivity index (χ3v) is 3.23. The molecule has 1 N–H and O–H groups in total. The Balaban J connectivity index is 2.13. The quantitative estimate of drug-likeness (QED) is 0.815. The fraction of sp³-hybridized carbons (Fsp3) is 0.231. The number of nitrogens with one attached hydrogen (secondary N) is 1. The molecule has 0 radical (unpaired) electrons. The Kier molecular flexibility index (Phi) is 2.04. The summed E-state index contributed by atoms with van der Waals surface area (Å²) < 4.78 is 5.13. The number of aromatic nitrogens is 1. The molecule has 1 saturated carbocycles. The second-order valence-corrected chi connectivity index (χ2v) is 4.33. The van der Waals surface area contributed by atoms with E-state index in [1.54, 1.807) is 6.07 Å². The minimum atomic E-state index is -0.456. The lowest BCUT2D eigenvalue weighted by Crippen LogP contribution is -2.11. The molecule has 1 aliphatic carbocycles. The Bertz CT molecular complexity index is 640. The molecule has 1 fully saturated rings. The molecule has 2 aromatic rings. The molecule has 1 heterocycles. The predicted octanol–water partition coefficient (Wildman–Crippen LogP) is 1.69. The van der Waals surface area contributed by atoms with Gasteiger partial charge in [0.15, 0.2) is 0 Å². The number of carbonyl (C=O) groups excluding carboxylic acids is 1. The largest absolute Gasteiger partial charge is 0.456 e. The van der Waals surface area contributed by atoms with Gasteiger partial charge in [-0.2, -0.15) is 0 Å². The van der Waals surface area contributed by atoms with Gasteiger partial charge in [0, 0.05) is 11.6 Å². The van der Waals surface area contributed by atoms with Crippen molar-refractivity contribution in [1.29, 1.82) is 0 Å². The van der Waals surface area contributed by atoms with Crippen molar-refractivity contribution in [2.24, 2.45) is 0 Å². The van der Waals surface area contributed by atoms with Crippen molar-refractivity contribution in [3.05, 3.63) is 46.2 Å². The zero-order valence-corrected chi connectivity index (χ0v) is 9.10. The van der Waals surface area contributed by atoms with Crippen LogP contribution in [-0.4, -0.2) is 11.5 Å². The van der Waals surface area contributed by atoms with Crippen LogP contribution >= 0.6 is 0 Å². The van der Waals surface area contributed by atoms with Gasteiger partial charge in [-0.1, -0.05) is 12.1 Å². The van der Waals surface area contributed by atoms with Crippen LogP contribution in [0.3, 0.4) is 0 Å². The molecular weight excluding hydrogens is 218 g/mol. The van der Waals surface area contributed by atoms with Crippen LogP contribution in [0, 0.1) is 0 Å². The van der Waals surface area contributed by atoms with Crippen molar-refractivity contribution >= 4 is 17.4 Å². The number of carbonyl (C=O) groups is 1. The lowest BCUT2D eigenvalue weighted by Gasteiger charge is -2.13. The highest BCUT2D eigenvalue weighted by Gasteiger charge is 2.47. The first-order valence-corrected chi connectivity index (χ1v) is 5.49. The van der Waals surface area contributed by atoms with E-state index in [1.165, 1.54) is 6.07 Å². The maximum Gasteiger partial charge on any atom is 0.293 e. The van der Waals surface area contributed by atoms with Crippen LogP contribution in [0.1, 0.15) is 18.4 Å². The Hall–Kier alpha value is -2.10. The molecule has 3 rings (SSSR count). The van der Waals surface area contributed by atoms with Crippen molar-refractivity contribution in [2.75, 3.05) is 0 Å². The summed E-state index contributed by atoms with van der Waals surface area (Å²) in [5.74, 6) is 0. The van der Waals surface area contributed by atoms with Gasteiger partial charge in [0.05, 0.1) is 0 Å². The van der Waals surface area contributed by atoms with Crippen LogP contribution in [0.2, 0.25) is 0 Å². The second kappa shape index (κ2) is 3.45. The number of fused-ring (bicyclic) bond motifs is 1. The number of ether oxygens (including phenoxy) is 1. The van der Waals surface area contributed by atoms with Crippen LogP contribution in [-0.2, 0) is 15.1 Å². The molecule has 1 aromatic carbocycles. The Morgan fingerprint density at radius 3 is 2.71 bits per heavy atom. The molecule has 1 aromatic heterocycles. The average molecular weight is 229 g/mol. The zero-order chi connectivity index (χ0) is 11.9. The summed E-state index contributed by atoms with van der Waals surface area (Å²) in [5, 5.41) is 0.968. The summed E-state index contributed by atoms with van der Waals surface area (Å²) in [4.78, 5) is 24.5. The second-order valence-electron chi connectivity index (χ2n) is 4.33. The number of rotatable bonds is 3. The first-order valence-electron chi connectivity index (χ1n) is 5.49. The van der Waals surface area contributed by atoms with E-state index in [9.17, 15) is 9.59 Å². The van der Waals surface area contributed by atoms with Crippen molar-refractivity contribution < 1.29 is 9.53 Å². The molecule has 86 valence electrons. The van der Waals surface area contributed by atoms with E-state index >= 15 is 0 Å². The average Bonchev–Trinajstić information content (AvgIpc) is 3.09. The summed E-state index contributed by atoms with van der Waals surface area (Å²) in [5.41, 5.74) is 1.13. The number of aromatic amines is 1. The number of H-pyrrole nitrogens is 1. The first kappa shape index (κ1) is 10.1. The monoisotopic (exact) mass is 229 g/mol. The van der Waals surface area contributed by atoms with Gasteiger partial charge in [0.25, 0.3) is 6.47 Å². The minimum Gasteiger partial charge on any atom is -0.456 e.